The summed E-state index contributed by atoms with van der Waals surface area (Å²) in [4.78, 5) is 8.69. The van der Waals surface area contributed by atoms with Crippen molar-refractivity contribution in [2.45, 2.75) is 194 Å². The largest absolute Gasteiger partial charge is 0.379 e. The molecule has 1 atom stereocenters. The minimum Gasteiger partial charge on any atom is -0.379 e. The maximum atomic E-state index is 8.69. The molecule has 0 saturated carbocycles. The zero-order valence-electron chi connectivity index (χ0n) is 27.0. The van der Waals surface area contributed by atoms with E-state index in [0.29, 0.717) is 0 Å². The van der Waals surface area contributed by atoms with E-state index in [-0.39, 0.29) is 0 Å². The smallest absolute Gasteiger partial charge is 0.281 e. The van der Waals surface area contributed by atoms with Gasteiger partial charge in [0.15, 0.2) is 0 Å². The molecule has 0 saturated heterocycles. The van der Waals surface area contributed by atoms with E-state index >= 15 is 0 Å². The molecule has 3 nitrogen and oxygen atoms in total. The van der Waals surface area contributed by atoms with Gasteiger partial charge in [-0.15, -0.1) is 0 Å². The lowest BCUT2D eigenvalue weighted by molar-refractivity contribution is 0.0290. The van der Waals surface area contributed by atoms with Gasteiger partial charge >= 0.3 is 0 Å². The molecule has 0 aromatic heterocycles. The molecule has 0 amide bonds. The minimum absolute atomic E-state index is 0.745. The van der Waals surface area contributed by atoms with E-state index in [9.17, 15) is 0 Å². The van der Waals surface area contributed by atoms with Crippen molar-refractivity contribution in [3.8, 4) is 0 Å². The van der Waals surface area contributed by atoms with Gasteiger partial charge in [-0.05, 0) is 31.6 Å². The van der Waals surface area contributed by atoms with Gasteiger partial charge in [0.25, 0.3) is 6.29 Å². The fourth-order valence-electron chi connectivity index (χ4n) is 5.59. The number of rotatable bonds is 35. The summed E-state index contributed by atoms with van der Waals surface area (Å²) in [5, 5.41) is 0. The van der Waals surface area contributed by atoms with Crippen molar-refractivity contribution in [3.63, 3.8) is 0 Å². The second kappa shape index (κ2) is 35.6. The summed E-state index contributed by atoms with van der Waals surface area (Å²) >= 11 is 0. The lowest BCUT2D eigenvalue weighted by Crippen LogP contribution is -2.13. The SMILES string of the molecule is CCCCCCCCCCCCC(CCCCCCCCCC)COCCOCCCCCCCCCC=[OH+]. The van der Waals surface area contributed by atoms with Crippen molar-refractivity contribution in [1.82, 2.24) is 0 Å². The van der Waals surface area contributed by atoms with Crippen LogP contribution in [-0.2, 0) is 9.47 Å². The van der Waals surface area contributed by atoms with Crippen LogP contribution in [0.25, 0.3) is 0 Å². The second-order valence-corrected chi connectivity index (χ2v) is 12.2. The molecule has 1 N–H and O–H groups in total. The Balaban J connectivity index is 3.82. The first-order valence-electron chi connectivity index (χ1n) is 18.0. The minimum atomic E-state index is 0.745. The van der Waals surface area contributed by atoms with Crippen LogP contribution in [0.1, 0.15) is 194 Å². The zero-order chi connectivity index (χ0) is 28.3. The Morgan fingerprint density at radius 1 is 0.436 bits per heavy atom. The predicted octanol–water partition coefficient (Wildman–Crippen LogP) is 11.8. The highest BCUT2D eigenvalue weighted by molar-refractivity contribution is 5.50. The quantitative estimate of drug-likeness (QED) is 0.0445. The lowest BCUT2D eigenvalue weighted by atomic mass is 9.94. The molecule has 0 aliphatic carbocycles. The van der Waals surface area contributed by atoms with Gasteiger partial charge in [-0.25, -0.2) is 0 Å². The van der Waals surface area contributed by atoms with Crippen molar-refractivity contribution in [3.05, 3.63) is 0 Å². The van der Waals surface area contributed by atoms with Crippen LogP contribution in [-0.4, -0.2) is 37.5 Å². The van der Waals surface area contributed by atoms with Crippen LogP contribution in [0.4, 0.5) is 0 Å². The molecule has 0 bridgehead atoms. The van der Waals surface area contributed by atoms with Crippen molar-refractivity contribution in [2.75, 3.05) is 26.4 Å². The average Bonchev–Trinajstić information content (AvgIpc) is 2.95. The fraction of sp³-hybridized carbons (Fsp3) is 0.972. The lowest BCUT2D eigenvalue weighted by Gasteiger charge is -2.17. The highest BCUT2D eigenvalue weighted by Gasteiger charge is 2.09. The topological polar surface area (TPSA) is 39.9 Å². The molecule has 3 heteroatoms. The summed E-state index contributed by atoms with van der Waals surface area (Å²) < 4.78 is 11.9. The van der Waals surface area contributed by atoms with Crippen molar-refractivity contribution >= 4 is 6.29 Å². The first kappa shape index (κ1) is 38.6. The number of carbonyl (C=O) groups excluding carboxylic acids is 1. The molecule has 0 aliphatic rings. The van der Waals surface area contributed by atoms with Gasteiger partial charge in [-0.2, -0.15) is 0 Å². The molecule has 0 radical (unpaired) electrons. The maximum absolute atomic E-state index is 8.69. The molecule has 0 spiro atoms. The van der Waals surface area contributed by atoms with E-state index < -0.39 is 0 Å². The molecule has 0 aromatic carbocycles. The second-order valence-electron chi connectivity index (χ2n) is 12.2. The van der Waals surface area contributed by atoms with E-state index in [1.165, 1.54) is 173 Å². The Morgan fingerprint density at radius 2 is 0.821 bits per heavy atom. The van der Waals surface area contributed by atoms with Crippen LogP contribution in [0.3, 0.4) is 0 Å². The van der Waals surface area contributed by atoms with E-state index in [1.807, 2.05) is 0 Å². The van der Waals surface area contributed by atoms with Crippen LogP contribution >= 0.6 is 0 Å². The van der Waals surface area contributed by atoms with Crippen LogP contribution in [0.15, 0.2) is 0 Å². The van der Waals surface area contributed by atoms with Gasteiger partial charge in [0.1, 0.15) is 0 Å². The van der Waals surface area contributed by atoms with Gasteiger partial charge in [-0.1, -0.05) is 162 Å². The van der Waals surface area contributed by atoms with Crippen LogP contribution in [0.2, 0.25) is 0 Å². The average molecular weight is 554 g/mol. The normalized spacial score (nSPS) is 12.3. The molecule has 1 unspecified atom stereocenters. The monoisotopic (exact) mass is 554 g/mol. The van der Waals surface area contributed by atoms with Crippen LogP contribution < -0.4 is 0 Å². The molecule has 0 heterocycles. The van der Waals surface area contributed by atoms with E-state index in [4.69, 9.17) is 14.3 Å². The summed E-state index contributed by atoms with van der Waals surface area (Å²) in [6.45, 7) is 7.92. The molecular weight excluding hydrogens is 480 g/mol. The Hall–Kier alpha value is -0.410. The predicted molar refractivity (Wildman–Crippen MR) is 174 cm³/mol. The zero-order valence-corrected chi connectivity index (χ0v) is 27.0. The number of hydrogen-bond acceptors (Lipinski definition) is 2. The third-order valence-electron chi connectivity index (χ3n) is 8.28. The maximum Gasteiger partial charge on any atom is 0.281 e. The highest BCUT2D eigenvalue weighted by Crippen LogP contribution is 2.20. The van der Waals surface area contributed by atoms with Gasteiger partial charge in [0, 0.05) is 13.2 Å². The number of unbranched alkanes of at least 4 members (excludes halogenated alkanes) is 23. The first-order chi connectivity index (χ1) is 19.3. The van der Waals surface area contributed by atoms with Crippen molar-refractivity contribution in [2.24, 2.45) is 5.92 Å². The molecule has 0 aromatic rings. The Morgan fingerprint density at radius 3 is 1.28 bits per heavy atom. The highest BCUT2D eigenvalue weighted by atomic mass is 16.5. The first-order valence-corrected chi connectivity index (χ1v) is 18.0. The summed E-state index contributed by atoms with van der Waals surface area (Å²) in [7, 11) is 0. The summed E-state index contributed by atoms with van der Waals surface area (Å²) in [5.74, 6) is 0.745. The summed E-state index contributed by atoms with van der Waals surface area (Å²) in [5.41, 5.74) is 0. The number of ether oxygens (including phenoxy) is 2. The molecular formula is C36H73O3+. The molecule has 39 heavy (non-hydrogen) atoms. The summed E-state index contributed by atoms with van der Waals surface area (Å²) in [6, 6.07) is 0. The third-order valence-corrected chi connectivity index (χ3v) is 8.28. The third kappa shape index (κ3) is 33.7. The molecule has 0 rings (SSSR count). The van der Waals surface area contributed by atoms with Gasteiger partial charge < -0.3 is 9.47 Å². The number of aldehydes is 1. The summed E-state index contributed by atoms with van der Waals surface area (Å²) in [6.07, 6.45) is 39.0. The van der Waals surface area contributed by atoms with Crippen LogP contribution in [0, 0.1) is 5.92 Å². The fourth-order valence-corrected chi connectivity index (χ4v) is 5.59. The Labute approximate surface area is 246 Å². The van der Waals surface area contributed by atoms with Gasteiger partial charge in [0.05, 0.1) is 19.6 Å². The van der Waals surface area contributed by atoms with Crippen molar-refractivity contribution in [1.29, 1.82) is 0 Å². The molecule has 0 aliphatic heterocycles. The standard InChI is InChI=1S/C36H72O3/c1-3-5-7-9-11-13-14-18-22-26-30-36(29-25-21-17-12-10-8-6-4-2)35-39-34-33-38-32-28-24-20-16-15-19-23-27-31-37/h31,36H,3-30,32-35H2,1-2H3/p+1. The molecule has 0 fully saturated rings. The van der Waals surface area contributed by atoms with Gasteiger partial charge in [-0.3, -0.25) is 4.79 Å². The number of hydrogen-bond donors (Lipinski definition) is 0. The van der Waals surface area contributed by atoms with E-state index in [0.717, 1.165) is 45.2 Å². The Bertz CT molecular complexity index is 439. The van der Waals surface area contributed by atoms with E-state index in [2.05, 4.69) is 13.8 Å². The van der Waals surface area contributed by atoms with E-state index in [1.54, 1.807) is 0 Å². The van der Waals surface area contributed by atoms with Crippen LogP contribution in [0.5, 0.6) is 0 Å². The van der Waals surface area contributed by atoms with Gasteiger partial charge in [0.2, 0.25) is 0 Å². The Kier molecular flexibility index (Phi) is 35.2. The molecule has 234 valence electrons. The van der Waals surface area contributed by atoms with Crippen molar-refractivity contribution < 1.29 is 14.3 Å².